The second kappa shape index (κ2) is 16.7. The summed E-state index contributed by atoms with van der Waals surface area (Å²) in [7, 11) is -2.93. The number of para-hydroxylation sites is 4. The van der Waals surface area contributed by atoms with Gasteiger partial charge in [0.2, 0.25) is 0 Å². The summed E-state index contributed by atoms with van der Waals surface area (Å²) >= 11 is 0. The van der Waals surface area contributed by atoms with Gasteiger partial charge in [0.15, 0.2) is 8.07 Å². The van der Waals surface area contributed by atoms with Crippen molar-refractivity contribution in [1.82, 2.24) is 4.57 Å². The minimum Gasteiger partial charge on any atom is -0.458 e. The van der Waals surface area contributed by atoms with Gasteiger partial charge in [-0.3, -0.25) is 0 Å². The van der Waals surface area contributed by atoms with Gasteiger partial charge in [0, 0.05) is 38.9 Å². The van der Waals surface area contributed by atoms with Crippen molar-refractivity contribution in [2.75, 3.05) is 4.81 Å². The maximum absolute atomic E-state index is 7.42. The lowest BCUT2D eigenvalue weighted by molar-refractivity contribution is 0.487. The summed E-state index contributed by atoms with van der Waals surface area (Å²) in [6.07, 6.45) is 0. The molecule has 0 saturated carbocycles. The molecule has 5 heteroatoms. The highest BCUT2D eigenvalue weighted by Gasteiger charge is 2.46. The topological polar surface area (TPSA) is 17.4 Å². The maximum atomic E-state index is 7.42. The van der Waals surface area contributed by atoms with E-state index in [1.165, 1.54) is 70.4 Å². The Balaban J connectivity index is 0.984. The van der Waals surface area contributed by atoms with Crippen LogP contribution in [0.25, 0.3) is 60.9 Å². The molecule has 12 aromatic rings. The molecular weight excluding hydrogens is 876 g/mol. The highest BCUT2D eigenvalue weighted by atomic mass is 28.3. The summed E-state index contributed by atoms with van der Waals surface area (Å²) in [5.41, 5.74) is 15.1. The normalized spacial score (nSPS) is 12.6. The standard InChI is InChI=1S/C66H45BN2OSi/c1-5-23-49(24-6-1)69-62-38-19-15-35-57(62)58-43-48(54-32-16-20-39-65(54)71(51-26-7-2-8-27-51,52-28-9-3-10-29-52)53-30-11-4-12-31-53)45-64-66(58)67(69)59-41-40-47(44-63(59)70-64)46-22-21-25-50(42-46)68-60-36-17-13-33-55(60)56-34-14-18-37-61(56)68/h1-45H. The van der Waals surface area contributed by atoms with Crippen molar-refractivity contribution in [3.8, 4) is 50.6 Å². The molecule has 71 heavy (non-hydrogen) atoms. The van der Waals surface area contributed by atoms with E-state index in [0.29, 0.717) is 0 Å². The lowest BCUT2D eigenvalue weighted by atomic mass is 9.44. The number of benzene rings is 11. The second-order valence-corrected chi connectivity index (χ2v) is 22.5. The molecule has 332 valence electrons. The first-order valence-corrected chi connectivity index (χ1v) is 26.5. The van der Waals surface area contributed by atoms with E-state index in [1.807, 2.05) is 0 Å². The molecule has 1 aromatic heterocycles. The molecule has 2 aliphatic heterocycles. The number of rotatable bonds is 8. The van der Waals surface area contributed by atoms with Crippen LogP contribution in [0.3, 0.4) is 0 Å². The van der Waals surface area contributed by atoms with Crippen LogP contribution in [0.15, 0.2) is 273 Å². The number of ether oxygens (including phenoxy) is 1. The van der Waals surface area contributed by atoms with Crippen LogP contribution in [0, 0.1) is 0 Å². The fourth-order valence-corrected chi connectivity index (χ4v) is 17.0. The predicted molar refractivity (Wildman–Crippen MR) is 301 cm³/mol. The Morgan fingerprint density at radius 2 is 0.873 bits per heavy atom. The van der Waals surface area contributed by atoms with E-state index in [-0.39, 0.29) is 6.85 Å². The molecule has 3 heterocycles. The van der Waals surface area contributed by atoms with Gasteiger partial charge in [-0.15, -0.1) is 0 Å². The molecule has 0 radical (unpaired) electrons. The van der Waals surface area contributed by atoms with Gasteiger partial charge >= 0.3 is 6.85 Å². The average molecular weight is 921 g/mol. The zero-order valence-electron chi connectivity index (χ0n) is 38.9. The quantitative estimate of drug-likeness (QED) is 0.112. The van der Waals surface area contributed by atoms with Crippen molar-refractivity contribution in [3.63, 3.8) is 0 Å². The fourth-order valence-electron chi connectivity index (χ4n) is 12.0. The highest BCUT2D eigenvalue weighted by Crippen LogP contribution is 2.46. The van der Waals surface area contributed by atoms with Crippen LogP contribution in [-0.2, 0) is 0 Å². The SMILES string of the molecule is c1ccc(N2B3c4ccc(-c5cccc(-n6c7ccccc7c7ccccc76)c5)cc4Oc4cc(-c5ccccc5[Si](c5ccccc5)(c5ccccc5)c5ccccc5)cc(c43)-c3ccccc32)cc1. The van der Waals surface area contributed by atoms with Crippen molar-refractivity contribution in [1.29, 1.82) is 0 Å². The van der Waals surface area contributed by atoms with E-state index in [1.54, 1.807) is 0 Å². The van der Waals surface area contributed by atoms with Gasteiger partial charge in [-0.2, -0.15) is 0 Å². The Bertz CT molecular complexity index is 3840. The summed E-state index contributed by atoms with van der Waals surface area (Å²) in [5.74, 6) is 1.74. The molecule has 2 aliphatic rings. The minimum absolute atomic E-state index is 0.144. The molecular formula is C66H45BN2OSi. The van der Waals surface area contributed by atoms with Gasteiger partial charge in [0.05, 0.1) is 11.0 Å². The predicted octanol–water partition coefficient (Wildman–Crippen LogP) is 12.5. The molecule has 0 N–H and O–H groups in total. The first kappa shape index (κ1) is 41.1. The lowest BCUT2D eigenvalue weighted by Crippen LogP contribution is -2.75. The van der Waals surface area contributed by atoms with Gasteiger partial charge in [-0.05, 0) is 115 Å². The Morgan fingerprint density at radius 3 is 1.54 bits per heavy atom. The lowest BCUT2D eigenvalue weighted by Gasteiger charge is -2.42. The number of fused-ring (bicyclic) bond motifs is 7. The highest BCUT2D eigenvalue weighted by molar-refractivity contribution is 7.20. The molecule has 0 saturated heterocycles. The summed E-state index contributed by atoms with van der Waals surface area (Å²) in [6, 6.07) is 101. The van der Waals surface area contributed by atoms with Crippen molar-refractivity contribution in [2.45, 2.75) is 0 Å². The molecule has 0 amide bonds. The molecule has 11 aromatic carbocycles. The molecule has 0 fully saturated rings. The number of nitrogens with zero attached hydrogens (tertiary/aromatic N) is 2. The van der Waals surface area contributed by atoms with Crippen LogP contribution < -0.4 is 41.2 Å². The molecule has 0 bridgehead atoms. The zero-order valence-corrected chi connectivity index (χ0v) is 39.9. The number of hydrogen-bond donors (Lipinski definition) is 0. The number of hydrogen-bond acceptors (Lipinski definition) is 2. The molecule has 0 spiro atoms. The monoisotopic (exact) mass is 920 g/mol. The third kappa shape index (κ3) is 6.44. The molecule has 0 unspecified atom stereocenters. The minimum atomic E-state index is -2.93. The largest absolute Gasteiger partial charge is 0.458 e. The van der Waals surface area contributed by atoms with Crippen molar-refractivity contribution >= 4 is 79.8 Å². The first-order chi connectivity index (χ1) is 35.2. The summed E-state index contributed by atoms with van der Waals surface area (Å²) in [5, 5.41) is 7.86. The van der Waals surface area contributed by atoms with Gasteiger partial charge in [0.1, 0.15) is 11.5 Å². The van der Waals surface area contributed by atoms with Gasteiger partial charge in [-0.25, -0.2) is 0 Å². The smallest absolute Gasteiger partial charge is 0.336 e. The van der Waals surface area contributed by atoms with E-state index >= 15 is 0 Å². The Hall–Kier alpha value is -8.90. The molecule has 0 aliphatic carbocycles. The van der Waals surface area contributed by atoms with E-state index in [9.17, 15) is 0 Å². The van der Waals surface area contributed by atoms with Crippen LogP contribution in [0.2, 0.25) is 0 Å². The average Bonchev–Trinajstić information content (AvgIpc) is 3.79. The van der Waals surface area contributed by atoms with Crippen LogP contribution >= 0.6 is 0 Å². The summed E-state index contributed by atoms with van der Waals surface area (Å²) < 4.78 is 9.82. The van der Waals surface area contributed by atoms with Gasteiger partial charge in [0.25, 0.3) is 0 Å². The van der Waals surface area contributed by atoms with Crippen molar-refractivity contribution < 1.29 is 4.74 Å². The van der Waals surface area contributed by atoms with E-state index < -0.39 is 8.07 Å². The van der Waals surface area contributed by atoms with Gasteiger partial charge < -0.3 is 14.1 Å². The first-order valence-electron chi connectivity index (χ1n) is 24.5. The van der Waals surface area contributed by atoms with Crippen LogP contribution in [0.4, 0.5) is 11.4 Å². The van der Waals surface area contributed by atoms with E-state index in [2.05, 4.69) is 282 Å². The number of anilines is 2. The third-order valence-electron chi connectivity index (χ3n) is 15.0. The Labute approximate surface area is 415 Å². The van der Waals surface area contributed by atoms with Crippen LogP contribution in [0.1, 0.15) is 0 Å². The Morgan fingerprint density at radius 1 is 0.352 bits per heavy atom. The van der Waals surface area contributed by atoms with Crippen LogP contribution in [0.5, 0.6) is 11.5 Å². The number of aromatic nitrogens is 1. The summed E-state index contributed by atoms with van der Waals surface area (Å²) in [4.78, 5) is 2.52. The van der Waals surface area contributed by atoms with E-state index in [0.717, 1.165) is 45.0 Å². The van der Waals surface area contributed by atoms with E-state index in [4.69, 9.17) is 4.74 Å². The summed E-state index contributed by atoms with van der Waals surface area (Å²) in [6.45, 7) is -0.144. The van der Waals surface area contributed by atoms with Crippen molar-refractivity contribution in [3.05, 3.63) is 273 Å². The zero-order chi connectivity index (χ0) is 46.9. The molecule has 0 atom stereocenters. The Kier molecular flexibility index (Phi) is 9.65. The molecule has 3 nitrogen and oxygen atoms in total. The fraction of sp³-hybridized carbons (Fsp3) is 0. The second-order valence-electron chi connectivity index (χ2n) is 18.7. The molecule has 14 rings (SSSR count). The van der Waals surface area contributed by atoms with Gasteiger partial charge in [-0.1, -0.05) is 212 Å². The van der Waals surface area contributed by atoms with Crippen molar-refractivity contribution in [2.24, 2.45) is 0 Å². The third-order valence-corrected chi connectivity index (χ3v) is 19.8. The van der Waals surface area contributed by atoms with Crippen LogP contribution in [-0.4, -0.2) is 19.5 Å². The maximum Gasteiger partial charge on any atom is 0.336 e.